The summed E-state index contributed by atoms with van der Waals surface area (Å²) in [5.74, 6) is 0. The van der Waals surface area contributed by atoms with Gasteiger partial charge >= 0.3 is 0 Å². The molecular formula is C10H10Br2N4. The van der Waals surface area contributed by atoms with Crippen LogP contribution in [0.5, 0.6) is 0 Å². The van der Waals surface area contributed by atoms with Crippen molar-refractivity contribution in [3.63, 3.8) is 0 Å². The van der Waals surface area contributed by atoms with Crippen LogP contribution >= 0.6 is 31.9 Å². The minimum absolute atomic E-state index is 0.221. The molecule has 1 atom stereocenters. The van der Waals surface area contributed by atoms with Crippen LogP contribution in [-0.2, 0) is 6.54 Å². The quantitative estimate of drug-likeness (QED) is 0.803. The third-order valence-corrected chi connectivity index (χ3v) is 3.01. The third-order valence-electron chi connectivity index (χ3n) is 2.08. The van der Waals surface area contributed by atoms with E-state index in [4.69, 9.17) is 0 Å². The van der Waals surface area contributed by atoms with Gasteiger partial charge in [-0.05, 0) is 35.0 Å². The summed E-state index contributed by atoms with van der Waals surface area (Å²) in [6, 6.07) is 3.93. The molecule has 0 aliphatic carbocycles. The summed E-state index contributed by atoms with van der Waals surface area (Å²) in [6.07, 6.45) is 3.70. The van der Waals surface area contributed by atoms with Gasteiger partial charge in [-0.3, -0.25) is 4.98 Å². The number of halogens is 2. The summed E-state index contributed by atoms with van der Waals surface area (Å²) in [5.41, 5.74) is 1.89. The average Bonchev–Trinajstić information content (AvgIpc) is 2.70. The number of pyridine rings is 1. The van der Waals surface area contributed by atoms with Crippen molar-refractivity contribution in [2.75, 3.05) is 0 Å². The average molecular weight is 346 g/mol. The minimum atomic E-state index is 0.221. The Hall–Kier alpha value is -0.750. The summed E-state index contributed by atoms with van der Waals surface area (Å²) in [6.45, 7) is 2.66. The van der Waals surface area contributed by atoms with Gasteiger partial charge in [0.15, 0.2) is 0 Å². The molecule has 6 heteroatoms. The van der Waals surface area contributed by atoms with E-state index in [2.05, 4.69) is 47.2 Å². The maximum Gasteiger partial charge on any atom is 0.0960 e. The molecule has 16 heavy (non-hydrogen) atoms. The molecule has 0 saturated carbocycles. The van der Waals surface area contributed by atoms with Gasteiger partial charge in [0.25, 0.3) is 0 Å². The van der Waals surface area contributed by atoms with Gasteiger partial charge in [0.2, 0.25) is 0 Å². The van der Waals surface area contributed by atoms with E-state index in [0.29, 0.717) is 6.54 Å². The molecular weight excluding hydrogens is 336 g/mol. The van der Waals surface area contributed by atoms with Crippen molar-refractivity contribution < 1.29 is 0 Å². The summed E-state index contributed by atoms with van der Waals surface area (Å²) in [5, 5.41) is 8.10. The maximum atomic E-state index is 4.28. The molecule has 0 aliphatic rings. The first-order chi connectivity index (χ1) is 7.65. The van der Waals surface area contributed by atoms with Crippen molar-refractivity contribution in [3.8, 4) is 0 Å². The Kier molecular flexibility index (Phi) is 3.70. The molecule has 1 unspecified atom stereocenters. The second kappa shape index (κ2) is 5.05. The molecule has 2 aromatic rings. The number of hydrogen-bond donors (Lipinski definition) is 0. The lowest BCUT2D eigenvalue weighted by atomic mass is 10.3. The fourth-order valence-corrected chi connectivity index (χ4v) is 1.68. The van der Waals surface area contributed by atoms with Crippen LogP contribution < -0.4 is 0 Å². The Balaban J connectivity index is 2.11. The molecule has 84 valence electrons. The van der Waals surface area contributed by atoms with Gasteiger partial charge in [-0.1, -0.05) is 21.1 Å². The smallest absolute Gasteiger partial charge is 0.0960 e. The topological polar surface area (TPSA) is 43.6 Å². The molecule has 2 heterocycles. The van der Waals surface area contributed by atoms with Crippen LogP contribution in [0.2, 0.25) is 0 Å². The van der Waals surface area contributed by atoms with Crippen LogP contribution in [-0.4, -0.2) is 20.0 Å². The van der Waals surface area contributed by atoms with E-state index in [9.17, 15) is 0 Å². The van der Waals surface area contributed by atoms with Gasteiger partial charge in [-0.15, -0.1) is 5.10 Å². The van der Waals surface area contributed by atoms with E-state index in [1.54, 1.807) is 10.9 Å². The van der Waals surface area contributed by atoms with Crippen molar-refractivity contribution in [2.45, 2.75) is 18.3 Å². The Morgan fingerprint density at radius 1 is 1.44 bits per heavy atom. The standard InChI is InChI=1S/C10H10Br2N4/c1-7(11)10-6-16(15-14-10)5-9-3-2-8(12)4-13-9/h2-4,6-7H,5H2,1H3. The van der Waals surface area contributed by atoms with Crippen LogP contribution in [0, 0.1) is 0 Å². The van der Waals surface area contributed by atoms with Crippen LogP contribution in [0.1, 0.15) is 23.1 Å². The van der Waals surface area contributed by atoms with Gasteiger partial charge in [0, 0.05) is 10.7 Å². The normalized spacial score (nSPS) is 12.7. The Labute approximate surface area is 110 Å². The number of hydrogen-bond acceptors (Lipinski definition) is 3. The summed E-state index contributed by atoms with van der Waals surface area (Å²) in [4.78, 5) is 4.50. The highest BCUT2D eigenvalue weighted by Gasteiger charge is 2.06. The molecule has 4 nitrogen and oxygen atoms in total. The second-order valence-corrected chi connectivity index (χ2v) is 5.71. The first-order valence-corrected chi connectivity index (χ1v) is 6.50. The van der Waals surface area contributed by atoms with Gasteiger partial charge in [-0.25, -0.2) is 4.68 Å². The number of aromatic nitrogens is 4. The predicted octanol–water partition coefficient (Wildman–Crippen LogP) is 2.94. The number of nitrogens with zero attached hydrogens (tertiary/aromatic N) is 4. The molecule has 2 aromatic heterocycles. The Morgan fingerprint density at radius 2 is 2.25 bits per heavy atom. The maximum absolute atomic E-state index is 4.28. The molecule has 0 N–H and O–H groups in total. The van der Waals surface area contributed by atoms with Crippen molar-refractivity contribution in [1.29, 1.82) is 0 Å². The van der Waals surface area contributed by atoms with Gasteiger partial charge < -0.3 is 0 Å². The number of alkyl halides is 1. The Bertz CT molecular complexity index is 464. The molecule has 0 aromatic carbocycles. The first-order valence-electron chi connectivity index (χ1n) is 4.79. The monoisotopic (exact) mass is 344 g/mol. The fraction of sp³-hybridized carbons (Fsp3) is 0.300. The van der Waals surface area contributed by atoms with Crippen LogP contribution in [0.15, 0.2) is 29.0 Å². The van der Waals surface area contributed by atoms with Gasteiger partial charge in [0.05, 0.1) is 29.0 Å². The molecule has 0 bridgehead atoms. The zero-order valence-electron chi connectivity index (χ0n) is 8.64. The van der Waals surface area contributed by atoms with Crippen LogP contribution in [0.25, 0.3) is 0 Å². The molecule has 0 amide bonds. The SMILES string of the molecule is CC(Br)c1cn(Cc2ccc(Br)cn2)nn1. The molecule has 0 radical (unpaired) electrons. The van der Waals surface area contributed by atoms with Crippen LogP contribution in [0.4, 0.5) is 0 Å². The first kappa shape index (κ1) is 11.7. The number of rotatable bonds is 3. The zero-order valence-corrected chi connectivity index (χ0v) is 11.8. The molecule has 0 saturated heterocycles. The van der Waals surface area contributed by atoms with E-state index < -0.39 is 0 Å². The van der Waals surface area contributed by atoms with E-state index in [-0.39, 0.29) is 4.83 Å². The largest absolute Gasteiger partial charge is 0.258 e. The third kappa shape index (κ3) is 2.89. The lowest BCUT2D eigenvalue weighted by Gasteiger charge is -1.99. The minimum Gasteiger partial charge on any atom is -0.258 e. The highest BCUT2D eigenvalue weighted by Crippen LogP contribution is 2.18. The van der Waals surface area contributed by atoms with Crippen molar-refractivity contribution in [3.05, 3.63) is 40.4 Å². The summed E-state index contributed by atoms with van der Waals surface area (Å²) in [7, 11) is 0. The highest BCUT2D eigenvalue weighted by atomic mass is 79.9. The van der Waals surface area contributed by atoms with E-state index in [0.717, 1.165) is 15.9 Å². The van der Waals surface area contributed by atoms with Crippen molar-refractivity contribution >= 4 is 31.9 Å². The summed E-state index contributed by atoms with van der Waals surface area (Å²) >= 11 is 6.80. The zero-order chi connectivity index (χ0) is 11.5. The highest BCUT2D eigenvalue weighted by molar-refractivity contribution is 9.10. The van der Waals surface area contributed by atoms with Crippen molar-refractivity contribution in [2.24, 2.45) is 0 Å². The molecule has 2 rings (SSSR count). The van der Waals surface area contributed by atoms with E-state index >= 15 is 0 Å². The van der Waals surface area contributed by atoms with Gasteiger partial charge in [-0.2, -0.15) is 0 Å². The Morgan fingerprint density at radius 3 is 2.81 bits per heavy atom. The van der Waals surface area contributed by atoms with E-state index in [1.807, 2.05) is 25.3 Å². The lowest BCUT2D eigenvalue weighted by Crippen LogP contribution is -2.02. The van der Waals surface area contributed by atoms with E-state index in [1.165, 1.54) is 0 Å². The molecule has 0 spiro atoms. The fourth-order valence-electron chi connectivity index (χ4n) is 1.24. The van der Waals surface area contributed by atoms with Crippen LogP contribution in [0.3, 0.4) is 0 Å². The predicted molar refractivity (Wildman–Crippen MR) is 68.4 cm³/mol. The summed E-state index contributed by atoms with van der Waals surface area (Å²) < 4.78 is 2.76. The lowest BCUT2D eigenvalue weighted by molar-refractivity contribution is 0.638. The molecule has 0 fully saturated rings. The van der Waals surface area contributed by atoms with Crippen molar-refractivity contribution in [1.82, 2.24) is 20.0 Å². The molecule has 0 aliphatic heterocycles. The van der Waals surface area contributed by atoms with Gasteiger partial charge in [0.1, 0.15) is 0 Å². The second-order valence-electron chi connectivity index (χ2n) is 3.42.